The highest BCUT2D eigenvalue weighted by atomic mass is 32.2. The fourth-order valence-corrected chi connectivity index (χ4v) is 3.73. The minimum Gasteiger partial charge on any atom is -0.497 e. The van der Waals surface area contributed by atoms with Crippen molar-refractivity contribution in [2.75, 3.05) is 14.2 Å². The zero-order chi connectivity index (χ0) is 18.0. The van der Waals surface area contributed by atoms with Gasteiger partial charge in [-0.05, 0) is 48.0 Å². The summed E-state index contributed by atoms with van der Waals surface area (Å²) in [6.45, 7) is 0.0855. The summed E-state index contributed by atoms with van der Waals surface area (Å²) < 4.78 is 45.6. The number of sulfonamides is 1. The first-order chi connectivity index (χ1) is 11.9. The predicted molar refractivity (Wildman–Crippen MR) is 93.3 cm³/mol. The minimum absolute atomic E-state index is 0.0855. The molecular weight excluding hydrogens is 343 g/mol. The van der Waals surface area contributed by atoms with Gasteiger partial charge in [0.25, 0.3) is 0 Å². The van der Waals surface area contributed by atoms with Crippen molar-refractivity contribution in [1.29, 1.82) is 0 Å². The number of ether oxygens (including phenoxy) is 1. The molecule has 0 aliphatic rings. The third-order valence-electron chi connectivity index (χ3n) is 3.96. The molecule has 3 aromatic rings. The van der Waals surface area contributed by atoms with Crippen molar-refractivity contribution in [1.82, 2.24) is 9.29 Å². The molecule has 130 valence electrons. The Hall–Kier alpha value is -2.51. The number of pyridine rings is 1. The van der Waals surface area contributed by atoms with Gasteiger partial charge in [-0.25, -0.2) is 12.8 Å². The Morgan fingerprint density at radius 1 is 1.12 bits per heavy atom. The van der Waals surface area contributed by atoms with E-state index in [1.54, 1.807) is 36.5 Å². The fourth-order valence-electron chi connectivity index (χ4n) is 2.58. The summed E-state index contributed by atoms with van der Waals surface area (Å²) in [6, 6.07) is 12.3. The van der Waals surface area contributed by atoms with Crippen LogP contribution in [0.5, 0.6) is 5.75 Å². The largest absolute Gasteiger partial charge is 0.497 e. The highest BCUT2D eigenvalue weighted by molar-refractivity contribution is 7.89. The number of aromatic nitrogens is 1. The molecule has 0 aliphatic carbocycles. The van der Waals surface area contributed by atoms with Gasteiger partial charge in [-0.15, -0.1) is 0 Å². The van der Waals surface area contributed by atoms with Gasteiger partial charge in [0, 0.05) is 25.2 Å². The van der Waals surface area contributed by atoms with Gasteiger partial charge < -0.3 is 4.74 Å². The first kappa shape index (κ1) is 17.3. The van der Waals surface area contributed by atoms with Crippen LogP contribution in [0.25, 0.3) is 10.9 Å². The van der Waals surface area contributed by atoms with E-state index in [1.807, 2.05) is 0 Å². The third kappa shape index (κ3) is 3.33. The smallest absolute Gasteiger partial charge is 0.243 e. The molecule has 1 heterocycles. The first-order valence-corrected chi connectivity index (χ1v) is 9.00. The van der Waals surface area contributed by atoms with E-state index >= 15 is 0 Å². The van der Waals surface area contributed by atoms with E-state index in [0.717, 1.165) is 0 Å². The van der Waals surface area contributed by atoms with Crippen molar-refractivity contribution in [2.24, 2.45) is 0 Å². The first-order valence-electron chi connectivity index (χ1n) is 7.56. The second kappa shape index (κ2) is 6.78. The second-order valence-electron chi connectivity index (χ2n) is 5.54. The molecule has 0 amide bonds. The van der Waals surface area contributed by atoms with Crippen LogP contribution in [-0.4, -0.2) is 31.9 Å². The number of halogens is 1. The maximum absolute atomic E-state index is 13.9. The molecule has 0 radical (unpaired) electrons. The topological polar surface area (TPSA) is 59.5 Å². The molecule has 0 saturated carbocycles. The molecule has 0 fully saturated rings. The molecule has 0 saturated heterocycles. The van der Waals surface area contributed by atoms with Gasteiger partial charge in [0.15, 0.2) is 0 Å². The Morgan fingerprint density at radius 2 is 1.84 bits per heavy atom. The second-order valence-corrected chi connectivity index (χ2v) is 7.59. The molecule has 7 heteroatoms. The zero-order valence-electron chi connectivity index (χ0n) is 13.8. The van der Waals surface area contributed by atoms with Crippen molar-refractivity contribution < 1.29 is 17.5 Å². The van der Waals surface area contributed by atoms with Gasteiger partial charge in [0.05, 0.1) is 17.5 Å². The van der Waals surface area contributed by atoms with Crippen molar-refractivity contribution in [2.45, 2.75) is 11.4 Å². The van der Waals surface area contributed by atoms with Gasteiger partial charge in [0.1, 0.15) is 11.6 Å². The van der Waals surface area contributed by atoms with Crippen LogP contribution in [0.2, 0.25) is 0 Å². The summed E-state index contributed by atoms with van der Waals surface area (Å²) in [5.41, 5.74) is 1.09. The Labute approximate surface area is 145 Å². The lowest BCUT2D eigenvalue weighted by molar-refractivity contribution is 0.414. The molecule has 1 aromatic heterocycles. The van der Waals surface area contributed by atoms with E-state index in [1.165, 1.54) is 36.7 Å². The van der Waals surface area contributed by atoms with Crippen molar-refractivity contribution in [3.8, 4) is 5.75 Å². The van der Waals surface area contributed by atoms with Gasteiger partial charge >= 0.3 is 0 Å². The van der Waals surface area contributed by atoms with Crippen molar-refractivity contribution in [3.63, 3.8) is 0 Å². The molecular formula is C18H17FN2O3S. The van der Waals surface area contributed by atoms with E-state index in [-0.39, 0.29) is 17.3 Å². The molecule has 0 bridgehead atoms. The quantitative estimate of drug-likeness (QED) is 0.701. The Balaban J connectivity index is 1.93. The molecule has 0 N–H and O–H groups in total. The molecule has 0 aliphatic heterocycles. The number of fused-ring (bicyclic) bond motifs is 1. The van der Waals surface area contributed by atoms with Gasteiger partial charge in [-0.3, -0.25) is 4.98 Å². The predicted octanol–water partition coefficient (Wildman–Crippen LogP) is 3.20. The Bertz CT molecular complexity index is 1000. The number of rotatable bonds is 5. The van der Waals surface area contributed by atoms with Crippen LogP contribution in [0.15, 0.2) is 59.6 Å². The molecule has 0 atom stereocenters. The van der Waals surface area contributed by atoms with Gasteiger partial charge in [-0.1, -0.05) is 6.07 Å². The summed E-state index contributed by atoms with van der Waals surface area (Å²) in [7, 11) is -0.685. The number of hydrogen-bond donors (Lipinski definition) is 0. The van der Waals surface area contributed by atoms with E-state index < -0.39 is 10.0 Å². The van der Waals surface area contributed by atoms with Crippen LogP contribution >= 0.6 is 0 Å². The monoisotopic (exact) mass is 360 g/mol. The average molecular weight is 360 g/mol. The Morgan fingerprint density at radius 3 is 2.52 bits per heavy atom. The molecule has 2 aromatic carbocycles. The summed E-state index contributed by atoms with van der Waals surface area (Å²) in [5.74, 6) is 0.197. The highest BCUT2D eigenvalue weighted by Crippen LogP contribution is 2.24. The number of nitrogens with zero attached hydrogens (tertiary/aromatic N) is 2. The summed E-state index contributed by atoms with van der Waals surface area (Å²) in [6.07, 6.45) is 1.56. The molecule has 25 heavy (non-hydrogen) atoms. The van der Waals surface area contributed by atoms with Crippen molar-refractivity contribution in [3.05, 3.63) is 66.1 Å². The molecule has 0 spiro atoms. The van der Waals surface area contributed by atoms with Crippen LogP contribution in [0.4, 0.5) is 4.39 Å². The summed E-state index contributed by atoms with van der Waals surface area (Å²) >= 11 is 0. The van der Waals surface area contributed by atoms with E-state index in [4.69, 9.17) is 4.74 Å². The Kier molecular flexibility index (Phi) is 4.69. The molecule has 0 unspecified atom stereocenters. The van der Waals surface area contributed by atoms with Crippen LogP contribution in [0.3, 0.4) is 0 Å². The molecule has 3 rings (SSSR count). The SMILES string of the molecule is COc1ccc(S(=O)(=O)N(C)Cc2ccc(F)c3cccnc23)cc1. The van der Waals surface area contributed by atoms with Gasteiger partial charge in [-0.2, -0.15) is 4.31 Å². The van der Waals surface area contributed by atoms with Crippen LogP contribution < -0.4 is 4.74 Å². The maximum Gasteiger partial charge on any atom is 0.243 e. The van der Waals surface area contributed by atoms with E-state index in [2.05, 4.69) is 4.98 Å². The van der Waals surface area contributed by atoms with E-state index in [9.17, 15) is 12.8 Å². The minimum atomic E-state index is -3.68. The highest BCUT2D eigenvalue weighted by Gasteiger charge is 2.22. The third-order valence-corrected chi connectivity index (χ3v) is 5.78. The van der Waals surface area contributed by atoms with Gasteiger partial charge in [0.2, 0.25) is 10.0 Å². The van der Waals surface area contributed by atoms with Crippen LogP contribution in [0.1, 0.15) is 5.56 Å². The van der Waals surface area contributed by atoms with Crippen molar-refractivity contribution >= 4 is 20.9 Å². The van der Waals surface area contributed by atoms with Crippen LogP contribution in [-0.2, 0) is 16.6 Å². The fraction of sp³-hybridized carbons (Fsp3) is 0.167. The summed E-state index contributed by atoms with van der Waals surface area (Å²) in [4.78, 5) is 4.36. The standard InChI is InChI=1S/C18H17FN2O3S/c1-21(25(22,23)15-8-6-14(24-2)7-9-15)12-13-5-10-17(19)16-4-3-11-20-18(13)16/h3-11H,12H2,1-2H3. The average Bonchev–Trinajstić information content (AvgIpc) is 2.64. The number of hydrogen-bond acceptors (Lipinski definition) is 4. The lowest BCUT2D eigenvalue weighted by atomic mass is 10.1. The lowest BCUT2D eigenvalue weighted by Crippen LogP contribution is -2.26. The zero-order valence-corrected chi connectivity index (χ0v) is 14.6. The normalized spacial score (nSPS) is 11.8. The summed E-state index contributed by atoms with van der Waals surface area (Å²) in [5, 5.41) is 0.371. The maximum atomic E-state index is 13.9. The van der Waals surface area contributed by atoms with Crippen LogP contribution in [0, 0.1) is 5.82 Å². The van der Waals surface area contributed by atoms with E-state index in [0.29, 0.717) is 22.2 Å². The number of methoxy groups -OCH3 is 1. The number of benzene rings is 2. The lowest BCUT2D eigenvalue weighted by Gasteiger charge is -2.18. The molecule has 5 nitrogen and oxygen atoms in total.